The van der Waals surface area contributed by atoms with Gasteiger partial charge in [0.15, 0.2) is 0 Å². The predicted molar refractivity (Wildman–Crippen MR) is 97.8 cm³/mol. The van der Waals surface area contributed by atoms with Crippen molar-refractivity contribution in [2.75, 3.05) is 26.2 Å². The molecule has 1 spiro atoms. The van der Waals surface area contributed by atoms with Crippen LogP contribution in [-0.2, 0) is 11.8 Å². The second-order valence-electron chi connectivity index (χ2n) is 8.35. The third-order valence-electron chi connectivity index (χ3n) is 6.62. The van der Waals surface area contributed by atoms with Crippen LogP contribution in [0.15, 0.2) is 23.0 Å². The van der Waals surface area contributed by atoms with Crippen molar-refractivity contribution < 1.29 is 9.59 Å². The summed E-state index contributed by atoms with van der Waals surface area (Å²) < 4.78 is 1.41. The Morgan fingerprint density at radius 3 is 2.58 bits per heavy atom. The van der Waals surface area contributed by atoms with E-state index in [1.807, 2.05) is 4.90 Å². The first kappa shape index (κ1) is 17.3. The molecule has 0 unspecified atom stereocenters. The van der Waals surface area contributed by atoms with E-state index in [1.54, 1.807) is 19.2 Å². The van der Waals surface area contributed by atoms with Crippen LogP contribution in [0.25, 0.3) is 0 Å². The number of hydrogen-bond donors (Lipinski definition) is 0. The molecule has 0 N–H and O–H groups in total. The molecule has 1 aromatic rings. The van der Waals surface area contributed by atoms with Crippen molar-refractivity contribution in [3.05, 3.63) is 34.2 Å². The van der Waals surface area contributed by atoms with Gasteiger partial charge in [0, 0.05) is 51.1 Å². The highest BCUT2D eigenvalue weighted by atomic mass is 16.2. The number of rotatable bonds is 3. The molecule has 140 valence electrons. The second-order valence-corrected chi connectivity index (χ2v) is 8.35. The van der Waals surface area contributed by atoms with Gasteiger partial charge >= 0.3 is 0 Å². The average molecular weight is 357 g/mol. The summed E-state index contributed by atoms with van der Waals surface area (Å²) in [5, 5.41) is 0. The number of likely N-dealkylation sites (tertiary alicyclic amines) is 2. The molecular weight excluding hydrogens is 330 g/mol. The van der Waals surface area contributed by atoms with Crippen LogP contribution >= 0.6 is 0 Å². The van der Waals surface area contributed by atoms with Gasteiger partial charge in [-0.05, 0) is 37.7 Å². The molecule has 6 nitrogen and oxygen atoms in total. The van der Waals surface area contributed by atoms with Gasteiger partial charge in [0.25, 0.3) is 11.5 Å². The number of piperidine rings is 1. The highest BCUT2D eigenvalue weighted by molar-refractivity contribution is 5.92. The lowest BCUT2D eigenvalue weighted by molar-refractivity contribution is -0.128. The zero-order chi connectivity index (χ0) is 18.3. The highest BCUT2D eigenvalue weighted by Crippen LogP contribution is 2.42. The maximum Gasteiger partial charge on any atom is 0.270 e. The summed E-state index contributed by atoms with van der Waals surface area (Å²) in [4.78, 5) is 40.9. The molecule has 1 saturated carbocycles. The summed E-state index contributed by atoms with van der Waals surface area (Å²) in [6.07, 6.45) is 6.19. The van der Waals surface area contributed by atoms with E-state index in [0.29, 0.717) is 37.0 Å². The summed E-state index contributed by atoms with van der Waals surface area (Å²) in [6.45, 7) is 3.10. The van der Waals surface area contributed by atoms with Gasteiger partial charge in [-0.15, -0.1) is 0 Å². The van der Waals surface area contributed by atoms with Crippen molar-refractivity contribution in [1.82, 2.24) is 14.4 Å². The normalized spacial score (nSPS) is 22.7. The van der Waals surface area contributed by atoms with Crippen LogP contribution in [0.4, 0.5) is 0 Å². The Hall–Kier alpha value is -2.11. The van der Waals surface area contributed by atoms with Crippen LogP contribution in [0.5, 0.6) is 0 Å². The van der Waals surface area contributed by atoms with E-state index in [-0.39, 0.29) is 16.9 Å². The molecular formula is C20H27N3O3. The lowest BCUT2D eigenvalue weighted by Crippen LogP contribution is -2.45. The topological polar surface area (TPSA) is 62.6 Å². The Kier molecular flexibility index (Phi) is 4.37. The molecule has 6 heteroatoms. The fourth-order valence-electron chi connectivity index (χ4n) is 4.59. The lowest BCUT2D eigenvalue weighted by atomic mass is 9.77. The van der Waals surface area contributed by atoms with Crippen molar-refractivity contribution >= 4 is 11.8 Å². The molecule has 3 fully saturated rings. The number of carbonyl (C=O) groups is 2. The second kappa shape index (κ2) is 6.56. The van der Waals surface area contributed by atoms with Crippen LogP contribution in [0, 0.1) is 11.3 Å². The van der Waals surface area contributed by atoms with Gasteiger partial charge in [-0.3, -0.25) is 14.4 Å². The van der Waals surface area contributed by atoms with Crippen molar-refractivity contribution in [3.63, 3.8) is 0 Å². The van der Waals surface area contributed by atoms with E-state index in [2.05, 4.69) is 4.90 Å². The molecule has 0 radical (unpaired) electrons. The van der Waals surface area contributed by atoms with Crippen molar-refractivity contribution in [2.45, 2.75) is 38.5 Å². The molecule has 3 aliphatic rings. The molecule has 4 rings (SSSR count). The van der Waals surface area contributed by atoms with Crippen LogP contribution < -0.4 is 5.56 Å². The van der Waals surface area contributed by atoms with E-state index in [4.69, 9.17) is 0 Å². The van der Waals surface area contributed by atoms with Crippen LogP contribution in [-0.4, -0.2) is 52.4 Å². The van der Waals surface area contributed by atoms with Crippen LogP contribution in [0.2, 0.25) is 0 Å². The quantitative estimate of drug-likeness (QED) is 0.826. The summed E-state index contributed by atoms with van der Waals surface area (Å²) in [7, 11) is 1.63. The fraction of sp³-hybridized carbons (Fsp3) is 0.650. The standard InChI is InChI=1S/C20H27N3O3/c1-21-16(6-3-7-17(21)24)19(26)22-10-8-20(9-11-22)12-18(25)23(14-20)13-15-4-2-5-15/h3,6-7,15H,2,4-5,8-14H2,1H3. The largest absolute Gasteiger partial charge is 0.342 e. The Morgan fingerprint density at radius 1 is 1.19 bits per heavy atom. The lowest BCUT2D eigenvalue weighted by Gasteiger charge is -2.39. The van der Waals surface area contributed by atoms with Gasteiger partial charge in [-0.2, -0.15) is 0 Å². The van der Waals surface area contributed by atoms with Gasteiger partial charge in [-0.1, -0.05) is 12.5 Å². The van der Waals surface area contributed by atoms with E-state index in [1.165, 1.54) is 29.9 Å². The molecule has 1 aliphatic carbocycles. The molecule has 0 bridgehead atoms. The van der Waals surface area contributed by atoms with E-state index >= 15 is 0 Å². The minimum atomic E-state index is -0.169. The van der Waals surface area contributed by atoms with Gasteiger partial charge in [0.05, 0.1) is 0 Å². The van der Waals surface area contributed by atoms with Crippen LogP contribution in [0.1, 0.15) is 49.0 Å². The number of amides is 2. The zero-order valence-corrected chi connectivity index (χ0v) is 15.4. The summed E-state index contributed by atoms with van der Waals surface area (Å²) in [6, 6.07) is 4.80. The number of carbonyl (C=O) groups excluding carboxylic acids is 2. The maximum atomic E-state index is 12.8. The Labute approximate surface area is 153 Å². The molecule has 26 heavy (non-hydrogen) atoms. The predicted octanol–water partition coefficient (Wildman–Crippen LogP) is 1.64. The minimum absolute atomic E-state index is 0.0418. The smallest absolute Gasteiger partial charge is 0.270 e. The molecule has 0 aromatic carbocycles. The average Bonchev–Trinajstić information content (AvgIpc) is 2.89. The van der Waals surface area contributed by atoms with Crippen molar-refractivity contribution in [2.24, 2.45) is 18.4 Å². The zero-order valence-electron chi connectivity index (χ0n) is 15.4. The van der Waals surface area contributed by atoms with Crippen LogP contribution in [0.3, 0.4) is 0 Å². The Morgan fingerprint density at radius 2 is 1.92 bits per heavy atom. The number of pyridine rings is 1. The molecule has 2 saturated heterocycles. The first-order valence-electron chi connectivity index (χ1n) is 9.71. The van der Waals surface area contributed by atoms with Crippen molar-refractivity contribution in [3.8, 4) is 0 Å². The maximum absolute atomic E-state index is 12.8. The molecule has 2 aliphatic heterocycles. The Balaban J connectivity index is 1.39. The fourth-order valence-corrected chi connectivity index (χ4v) is 4.59. The van der Waals surface area contributed by atoms with Gasteiger partial charge in [0.1, 0.15) is 5.69 Å². The third-order valence-corrected chi connectivity index (χ3v) is 6.62. The first-order chi connectivity index (χ1) is 12.5. The SMILES string of the molecule is Cn1c(C(=O)N2CCC3(CC2)CC(=O)N(CC2CCC2)C3)cccc1=O. The molecule has 2 amide bonds. The van der Waals surface area contributed by atoms with Gasteiger partial charge in [-0.25, -0.2) is 0 Å². The monoisotopic (exact) mass is 357 g/mol. The first-order valence-corrected chi connectivity index (χ1v) is 9.71. The summed E-state index contributed by atoms with van der Waals surface area (Å²) in [5.74, 6) is 0.910. The molecule has 3 heterocycles. The van der Waals surface area contributed by atoms with Gasteiger partial charge in [0.2, 0.25) is 5.91 Å². The van der Waals surface area contributed by atoms with Gasteiger partial charge < -0.3 is 14.4 Å². The Bertz CT molecular complexity index is 773. The van der Waals surface area contributed by atoms with E-state index < -0.39 is 0 Å². The number of nitrogens with zero attached hydrogens (tertiary/aromatic N) is 3. The minimum Gasteiger partial charge on any atom is -0.342 e. The third kappa shape index (κ3) is 3.06. The molecule has 1 aromatic heterocycles. The molecule has 0 atom stereocenters. The summed E-state index contributed by atoms with van der Waals surface area (Å²) >= 11 is 0. The summed E-state index contributed by atoms with van der Waals surface area (Å²) in [5.41, 5.74) is 0.306. The number of hydrogen-bond acceptors (Lipinski definition) is 3. The van der Waals surface area contributed by atoms with E-state index in [0.717, 1.165) is 25.9 Å². The van der Waals surface area contributed by atoms with E-state index in [9.17, 15) is 14.4 Å². The highest BCUT2D eigenvalue weighted by Gasteiger charge is 2.46. The van der Waals surface area contributed by atoms with Crippen molar-refractivity contribution in [1.29, 1.82) is 0 Å². The number of aromatic nitrogens is 1.